The van der Waals surface area contributed by atoms with Gasteiger partial charge in [-0.1, -0.05) is 13.8 Å². The quantitative estimate of drug-likeness (QED) is 0.642. The van der Waals surface area contributed by atoms with Crippen LogP contribution in [0.4, 0.5) is 11.4 Å². The highest BCUT2D eigenvalue weighted by Gasteiger charge is 2.36. The second-order valence-corrected chi connectivity index (χ2v) is 9.45. The summed E-state index contributed by atoms with van der Waals surface area (Å²) in [4.78, 5) is 32.4. The first kappa shape index (κ1) is 25.5. The minimum Gasteiger partial charge on any atom is -0.378 e. The number of ether oxygens (including phenoxy) is 2. The smallest absolute Gasteiger partial charge is 0.243 e. The first-order valence-electron chi connectivity index (χ1n) is 12.2. The molecule has 1 aromatic rings. The number of morpholine rings is 2. The Bertz CT molecular complexity index is 769. The van der Waals surface area contributed by atoms with Crippen molar-refractivity contribution in [3.05, 3.63) is 24.3 Å². The summed E-state index contributed by atoms with van der Waals surface area (Å²) in [5.74, 6) is -0.0398. The largest absolute Gasteiger partial charge is 0.378 e. The van der Waals surface area contributed by atoms with Crippen LogP contribution in [-0.2, 0) is 19.1 Å². The average Bonchev–Trinajstić information content (AvgIpc) is 2.77. The van der Waals surface area contributed by atoms with Crippen molar-refractivity contribution >= 4 is 23.2 Å². The molecule has 33 heavy (non-hydrogen) atoms. The first-order valence-corrected chi connectivity index (χ1v) is 12.2. The monoisotopic (exact) mass is 460 g/mol. The predicted octanol–water partition coefficient (Wildman–Crippen LogP) is 2.44. The minimum atomic E-state index is -0.264. The van der Waals surface area contributed by atoms with Crippen LogP contribution in [0.25, 0.3) is 0 Å². The Balaban J connectivity index is 1.60. The number of carbonyl (C=O) groups is 2. The number of nitrogens with one attached hydrogen (secondary N) is 1. The lowest BCUT2D eigenvalue weighted by molar-refractivity contribution is -0.147. The van der Waals surface area contributed by atoms with Gasteiger partial charge < -0.3 is 24.6 Å². The molecule has 2 saturated heterocycles. The van der Waals surface area contributed by atoms with E-state index in [1.54, 1.807) is 4.90 Å². The maximum Gasteiger partial charge on any atom is 0.243 e. The van der Waals surface area contributed by atoms with Gasteiger partial charge in [0.15, 0.2) is 0 Å². The Morgan fingerprint density at radius 3 is 2.24 bits per heavy atom. The van der Waals surface area contributed by atoms with Gasteiger partial charge >= 0.3 is 0 Å². The Morgan fingerprint density at radius 2 is 1.70 bits per heavy atom. The highest BCUT2D eigenvalue weighted by Crippen LogP contribution is 2.21. The summed E-state index contributed by atoms with van der Waals surface area (Å²) in [7, 11) is 0. The second kappa shape index (κ2) is 11.8. The number of likely N-dealkylation sites (N-methyl/N-ethyl adjacent to an activating group) is 1. The van der Waals surface area contributed by atoms with E-state index in [1.807, 2.05) is 45.0 Å². The van der Waals surface area contributed by atoms with Crippen LogP contribution in [0.1, 0.15) is 34.6 Å². The van der Waals surface area contributed by atoms with E-state index in [-0.39, 0.29) is 42.5 Å². The molecule has 1 N–H and O–H groups in total. The molecule has 8 heteroatoms. The van der Waals surface area contributed by atoms with Crippen LogP contribution >= 0.6 is 0 Å². The second-order valence-electron chi connectivity index (χ2n) is 9.45. The molecule has 0 aromatic heterocycles. The Hall–Kier alpha value is -2.16. The summed E-state index contributed by atoms with van der Waals surface area (Å²) in [5.41, 5.74) is 1.85. The van der Waals surface area contributed by atoms with Crippen LogP contribution in [0.2, 0.25) is 0 Å². The lowest BCUT2D eigenvalue weighted by Crippen LogP contribution is -2.58. The van der Waals surface area contributed by atoms with Crippen molar-refractivity contribution in [3.63, 3.8) is 0 Å². The van der Waals surface area contributed by atoms with Gasteiger partial charge in [0.25, 0.3) is 0 Å². The molecule has 0 aliphatic carbocycles. The van der Waals surface area contributed by atoms with Gasteiger partial charge in [0.1, 0.15) is 0 Å². The summed E-state index contributed by atoms with van der Waals surface area (Å²) in [6.45, 7) is 15.3. The molecule has 2 aliphatic rings. The molecular weight excluding hydrogens is 420 g/mol. The fourth-order valence-electron chi connectivity index (χ4n) is 4.79. The molecule has 3 unspecified atom stereocenters. The molecular formula is C25H40N4O4. The molecule has 0 radical (unpaired) electrons. The lowest BCUT2D eigenvalue weighted by atomic mass is 9.99. The third-order valence-corrected chi connectivity index (χ3v) is 6.28. The lowest BCUT2D eigenvalue weighted by Gasteiger charge is -2.42. The Kier molecular flexibility index (Phi) is 9.11. The molecule has 3 atom stereocenters. The fourth-order valence-corrected chi connectivity index (χ4v) is 4.79. The zero-order chi connectivity index (χ0) is 24.0. The van der Waals surface area contributed by atoms with Crippen molar-refractivity contribution in [2.24, 2.45) is 5.92 Å². The normalized spacial score (nSPS) is 22.8. The van der Waals surface area contributed by atoms with Gasteiger partial charge in [0, 0.05) is 44.1 Å². The van der Waals surface area contributed by atoms with Gasteiger partial charge in [-0.2, -0.15) is 0 Å². The fraction of sp³-hybridized carbons (Fsp3) is 0.680. The van der Waals surface area contributed by atoms with Crippen LogP contribution < -0.4 is 10.2 Å². The van der Waals surface area contributed by atoms with Crippen LogP contribution in [0, 0.1) is 5.92 Å². The average molecular weight is 461 g/mol. The van der Waals surface area contributed by atoms with E-state index >= 15 is 0 Å². The van der Waals surface area contributed by atoms with Crippen molar-refractivity contribution in [2.75, 3.05) is 62.7 Å². The zero-order valence-electron chi connectivity index (χ0n) is 20.8. The molecule has 2 aliphatic heterocycles. The maximum atomic E-state index is 13.5. The van der Waals surface area contributed by atoms with Crippen LogP contribution in [0.3, 0.4) is 0 Å². The zero-order valence-corrected chi connectivity index (χ0v) is 20.8. The van der Waals surface area contributed by atoms with E-state index in [0.717, 1.165) is 50.8 Å². The number of benzene rings is 1. The highest BCUT2D eigenvalue weighted by molar-refractivity contribution is 5.95. The molecule has 0 saturated carbocycles. The molecule has 3 rings (SSSR count). The number of rotatable bonds is 8. The molecule has 0 spiro atoms. The Labute approximate surface area is 198 Å². The third-order valence-electron chi connectivity index (χ3n) is 6.28. The number of nitrogens with zero attached hydrogens (tertiary/aromatic N) is 3. The van der Waals surface area contributed by atoms with Gasteiger partial charge in [-0.25, -0.2) is 0 Å². The summed E-state index contributed by atoms with van der Waals surface area (Å²) < 4.78 is 11.3. The van der Waals surface area contributed by atoms with E-state index in [9.17, 15) is 9.59 Å². The molecule has 184 valence electrons. The Morgan fingerprint density at radius 1 is 1.09 bits per heavy atom. The summed E-state index contributed by atoms with van der Waals surface area (Å²) in [5, 5.41) is 2.94. The molecule has 8 nitrogen and oxygen atoms in total. The van der Waals surface area contributed by atoms with Gasteiger partial charge in [-0.05, 0) is 51.0 Å². The van der Waals surface area contributed by atoms with Crippen molar-refractivity contribution in [1.82, 2.24) is 9.80 Å². The number of anilines is 2. The molecule has 2 fully saturated rings. The summed E-state index contributed by atoms with van der Waals surface area (Å²) in [6, 6.07) is 7.58. The number of amides is 2. The summed E-state index contributed by atoms with van der Waals surface area (Å²) in [6.07, 6.45) is 0.170. The third kappa shape index (κ3) is 6.91. The summed E-state index contributed by atoms with van der Waals surface area (Å²) >= 11 is 0. The molecule has 2 heterocycles. The van der Waals surface area contributed by atoms with Gasteiger partial charge in [0.05, 0.1) is 38.0 Å². The van der Waals surface area contributed by atoms with Crippen LogP contribution in [0.15, 0.2) is 24.3 Å². The van der Waals surface area contributed by atoms with E-state index in [4.69, 9.17) is 9.47 Å². The predicted molar refractivity (Wildman–Crippen MR) is 131 cm³/mol. The van der Waals surface area contributed by atoms with Crippen LogP contribution in [-0.4, -0.2) is 92.3 Å². The minimum absolute atomic E-state index is 0.00613. The van der Waals surface area contributed by atoms with E-state index in [0.29, 0.717) is 6.54 Å². The standard InChI is InChI=1S/C25H40N4O4/c1-6-27(25(31)24(18(2)3)29-15-19(4)33-20(5)16-29)17-23(30)26-21-7-9-22(10-8-21)28-11-13-32-14-12-28/h7-10,18-20,24H,6,11-17H2,1-5H3,(H,26,30). The number of hydrogen-bond acceptors (Lipinski definition) is 6. The molecule has 2 amide bonds. The topological polar surface area (TPSA) is 74.4 Å². The van der Waals surface area contributed by atoms with Crippen LogP contribution in [0.5, 0.6) is 0 Å². The van der Waals surface area contributed by atoms with Crippen molar-refractivity contribution in [1.29, 1.82) is 0 Å². The van der Waals surface area contributed by atoms with Crippen molar-refractivity contribution in [2.45, 2.75) is 52.9 Å². The van der Waals surface area contributed by atoms with Gasteiger partial charge in [-0.15, -0.1) is 0 Å². The molecule has 0 bridgehead atoms. The van der Waals surface area contributed by atoms with E-state index < -0.39 is 0 Å². The van der Waals surface area contributed by atoms with E-state index in [1.165, 1.54) is 0 Å². The van der Waals surface area contributed by atoms with Crippen molar-refractivity contribution in [3.8, 4) is 0 Å². The maximum absolute atomic E-state index is 13.5. The van der Waals surface area contributed by atoms with Gasteiger partial charge in [-0.3, -0.25) is 14.5 Å². The van der Waals surface area contributed by atoms with Crippen molar-refractivity contribution < 1.29 is 19.1 Å². The SMILES string of the molecule is CCN(CC(=O)Nc1ccc(N2CCOCC2)cc1)C(=O)C(C(C)C)N1CC(C)OC(C)C1. The number of carbonyl (C=O) groups excluding carboxylic acids is 2. The van der Waals surface area contributed by atoms with Gasteiger partial charge in [0.2, 0.25) is 11.8 Å². The highest BCUT2D eigenvalue weighted by atomic mass is 16.5. The first-order chi connectivity index (χ1) is 15.8. The molecule has 1 aromatic carbocycles. The number of hydrogen-bond donors (Lipinski definition) is 1. The van der Waals surface area contributed by atoms with E-state index in [2.05, 4.69) is 29.0 Å².